The molecular formula is C68H126N2O7P+. The molecular weight excluding hydrogens is 988 g/mol. The third-order valence-electron chi connectivity index (χ3n) is 14.4. The smallest absolute Gasteiger partial charge is 0.456 e. The van der Waals surface area contributed by atoms with Crippen LogP contribution in [0.3, 0.4) is 0 Å². The Labute approximate surface area is 483 Å². The fourth-order valence-corrected chi connectivity index (χ4v) is 10.1. The first kappa shape index (κ1) is 75.5. The molecule has 454 valence electrons. The number of ether oxygens (including phenoxy) is 1. The molecule has 10 heteroatoms. The summed E-state index contributed by atoms with van der Waals surface area (Å²) in [6.45, 7) is 6.87. The predicted molar refractivity (Wildman–Crippen MR) is 337 cm³/mol. The number of rotatable bonds is 59. The number of carbonyl (C=O) groups excluding carboxylic acids is 2. The van der Waals surface area contributed by atoms with Crippen molar-refractivity contribution in [2.45, 2.75) is 309 Å². The lowest BCUT2D eigenvalue weighted by atomic mass is 10.0. The monoisotopic (exact) mass is 1110 g/mol. The molecule has 1 amide bonds. The first-order valence-corrected chi connectivity index (χ1v) is 34.3. The largest absolute Gasteiger partial charge is 0.472 e. The Morgan fingerprint density at radius 2 is 0.821 bits per heavy atom. The van der Waals surface area contributed by atoms with Gasteiger partial charge in [-0.3, -0.25) is 18.6 Å². The number of likely N-dealkylation sites (N-methyl/N-ethyl adjacent to an activating group) is 1. The number of allylic oxidation sites excluding steroid dienone is 11. The van der Waals surface area contributed by atoms with E-state index in [1.807, 2.05) is 33.3 Å². The van der Waals surface area contributed by atoms with Crippen LogP contribution in [0.15, 0.2) is 72.9 Å². The molecule has 0 saturated carbocycles. The van der Waals surface area contributed by atoms with Crippen molar-refractivity contribution in [1.29, 1.82) is 0 Å². The Bertz CT molecular complexity index is 1570. The molecule has 0 rings (SSSR count). The molecule has 78 heavy (non-hydrogen) atoms. The second kappa shape index (κ2) is 57.7. The zero-order chi connectivity index (χ0) is 57.2. The molecule has 9 nitrogen and oxygen atoms in total. The summed E-state index contributed by atoms with van der Waals surface area (Å²) in [5.41, 5.74) is 0. The molecule has 0 saturated heterocycles. The maximum absolute atomic E-state index is 13.5. The maximum Gasteiger partial charge on any atom is 0.472 e. The molecule has 0 bridgehead atoms. The van der Waals surface area contributed by atoms with E-state index in [0.717, 1.165) is 96.3 Å². The van der Waals surface area contributed by atoms with Crippen LogP contribution >= 0.6 is 7.82 Å². The number of esters is 1. The third-order valence-corrected chi connectivity index (χ3v) is 15.4. The van der Waals surface area contributed by atoms with E-state index in [-0.39, 0.29) is 31.5 Å². The van der Waals surface area contributed by atoms with Crippen LogP contribution in [0.1, 0.15) is 297 Å². The topological polar surface area (TPSA) is 111 Å². The van der Waals surface area contributed by atoms with E-state index >= 15 is 0 Å². The highest BCUT2D eigenvalue weighted by molar-refractivity contribution is 7.47. The Morgan fingerprint density at radius 3 is 1.26 bits per heavy atom. The molecule has 0 aliphatic rings. The van der Waals surface area contributed by atoms with Gasteiger partial charge in [0.1, 0.15) is 19.3 Å². The van der Waals surface area contributed by atoms with Gasteiger partial charge in [-0.25, -0.2) is 4.57 Å². The van der Waals surface area contributed by atoms with Crippen molar-refractivity contribution in [2.24, 2.45) is 0 Å². The number of hydrogen-bond acceptors (Lipinski definition) is 6. The molecule has 2 N–H and O–H groups in total. The van der Waals surface area contributed by atoms with Crippen molar-refractivity contribution in [3.05, 3.63) is 72.9 Å². The number of phosphoric acid groups is 1. The van der Waals surface area contributed by atoms with Crippen LogP contribution < -0.4 is 5.32 Å². The highest BCUT2D eigenvalue weighted by Crippen LogP contribution is 2.43. The minimum atomic E-state index is -4.45. The van der Waals surface area contributed by atoms with Gasteiger partial charge in [0.05, 0.1) is 33.8 Å². The van der Waals surface area contributed by atoms with Crippen molar-refractivity contribution in [2.75, 3.05) is 40.9 Å². The van der Waals surface area contributed by atoms with Gasteiger partial charge in [0.2, 0.25) is 5.91 Å². The van der Waals surface area contributed by atoms with E-state index < -0.39 is 20.0 Å². The number of phosphoric ester groups is 1. The van der Waals surface area contributed by atoms with E-state index in [1.165, 1.54) is 167 Å². The van der Waals surface area contributed by atoms with Crippen LogP contribution in [-0.4, -0.2) is 74.3 Å². The molecule has 0 aromatic rings. The number of nitrogens with zero attached hydrogens (tertiary/aromatic N) is 1. The van der Waals surface area contributed by atoms with Crippen molar-refractivity contribution < 1.29 is 37.3 Å². The van der Waals surface area contributed by atoms with Gasteiger partial charge in [-0.2, -0.15) is 0 Å². The summed E-state index contributed by atoms with van der Waals surface area (Å²) in [7, 11) is 1.48. The molecule has 0 spiro atoms. The standard InChI is InChI=1S/C68H125N2O7P/c1-7-10-13-16-19-22-25-27-29-30-31-32-33-34-35-36-37-38-39-40-41-43-46-49-52-55-58-61-68(72)77-66(59-56-53-50-47-44-24-21-18-15-12-9-3)65(64-76-78(73,74)75-63-62-70(4,5)6)69-67(71)60-57-54-51-48-45-42-28-26-23-20-17-14-11-8-2/h11,14,19-20,22-23,27-29,42,56,59,65-66H,7-10,12-13,15-18,21,24-26,30-41,43-55,57-58,60-64H2,1-6H3,(H-,69,71,73,74)/p+1/b14-11+,22-19-,23-20+,29-27-,42-28+,59-56-. The van der Waals surface area contributed by atoms with Crippen LogP contribution in [-0.2, 0) is 27.9 Å². The summed E-state index contributed by atoms with van der Waals surface area (Å²) < 4.78 is 30.7. The summed E-state index contributed by atoms with van der Waals surface area (Å²) >= 11 is 0. The van der Waals surface area contributed by atoms with E-state index in [9.17, 15) is 19.0 Å². The molecule has 0 fully saturated rings. The second-order valence-corrected chi connectivity index (χ2v) is 24.7. The Morgan fingerprint density at radius 1 is 0.462 bits per heavy atom. The number of carbonyl (C=O) groups is 2. The molecule has 0 aliphatic heterocycles. The zero-order valence-corrected chi connectivity index (χ0v) is 52.8. The van der Waals surface area contributed by atoms with Crippen LogP contribution in [0.2, 0.25) is 0 Å². The van der Waals surface area contributed by atoms with Crippen LogP contribution in [0.5, 0.6) is 0 Å². The fourth-order valence-electron chi connectivity index (χ4n) is 9.34. The Kier molecular flexibility index (Phi) is 55.8. The summed E-state index contributed by atoms with van der Waals surface area (Å²) in [6.07, 6.45) is 74.9. The second-order valence-electron chi connectivity index (χ2n) is 23.3. The van der Waals surface area contributed by atoms with E-state index in [2.05, 4.69) is 86.8 Å². The van der Waals surface area contributed by atoms with E-state index in [0.29, 0.717) is 17.4 Å². The molecule has 0 radical (unpaired) electrons. The molecule has 0 aromatic heterocycles. The van der Waals surface area contributed by atoms with Gasteiger partial charge >= 0.3 is 13.8 Å². The summed E-state index contributed by atoms with van der Waals surface area (Å²) in [5, 5.41) is 3.04. The van der Waals surface area contributed by atoms with E-state index in [4.69, 9.17) is 13.8 Å². The van der Waals surface area contributed by atoms with Gasteiger partial charge < -0.3 is 19.4 Å². The number of amides is 1. The minimum absolute atomic E-state index is 0.0344. The summed E-state index contributed by atoms with van der Waals surface area (Å²) in [6, 6.07) is -0.860. The van der Waals surface area contributed by atoms with Crippen LogP contribution in [0, 0.1) is 0 Å². The van der Waals surface area contributed by atoms with Gasteiger partial charge in [0, 0.05) is 12.8 Å². The number of hydrogen-bond donors (Lipinski definition) is 2. The Hall–Kier alpha value is -2.55. The first-order chi connectivity index (χ1) is 37.9. The van der Waals surface area contributed by atoms with Crippen LogP contribution in [0.25, 0.3) is 0 Å². The Balaban J connectivity index is 5.00. The molecule has 3 unspecified atom stereocenters. The number of unbranched alkanes of at least 4 members (excludes halogenated alkanes) is 33. The highest BCUT2D eigenvalue weighted by atomic mass is 31.2. The average Bonchev–Trinajstić information content (AvgIpc) is 3.40. The molecule has 0 heterocycles. The molecule has 0 aliphatic carbocycles. The average molecular weight is 1110 g/mol. The van der Waals surface area contributed by atoms with Crippen molar-refractivity contribution in [3.8, 4) is 0 Å². The lowest BCUT2D eigenvalue weighted by Gasteiger charge is -2.27. The minimum Gasteiger partial charge on any atom is -0.456 e. The van der Waals surface area contributed by atoms with Crippen molar-refractivity contribution in [3.63, 3.8) is 0 Å². The third kappa shape index (κ3) is 58.1. The number of quaternary nitrogens is 1. The zero-order valence-electron chi connectivity index (χ0n) is 51.9. The summed E-state index contributed by atoms with van der Waals surface area (Å²) in [5.74, 6) is -0.526. The quantitative estimate of drug-likeness (QED) is 0.0205. The SMILES string of the molecule is CC/C=C/C/C=C/C/C=C/CCCCCCC(=O)NC(COP(=O)(O)OCC[N+](C)(C)C)C(/C=C\CCCCCCCCCCC)OC(=O)CCCCCCCCCCCCCCCCCCC/C=C\C/C=C\CCCCC. The molecule has 3 atom stereocenters. The number of nitrogens with one attached hydrogen (secondary N) is 1. The van der Waals surface area contributed by atoms with Gasteiger partial charge in [-0.1, -0.05) is 261 Å². The highest BCUT2D eigenvalue weighted by Gasteiger charge is 2.30. The lowest BCUT2D eigenvalue weighted by Crippen LogP contribution is -2.47. The van der Waals surface area contributed by atoms with Gasteiger partial charge in [-0.15, -0.1) is 0 Å². The normalized spacial score (nSPS) is 14.1. The van der Waals surface area contributed by atoms with Gasteiger partial charge in [0.15, 0.2) is 0 Å². The van der Waals surface area contributed by atoms with Gasteiger partial charge in [0.25, 0.3) is 0 Å². The first-order valence-electron chi connectivity index (χ1n) is 32.8. The van der Waals surface area contributed by atoms with Crippen molar-refractivity contribution >= 4 is 19.7 Å². The predicted octanol–water partition coefficient (Wildman–Crippen LogP) is 20.4. The van der Waals surface area contributed by atoms with E-state index in [1.54, 1.807) is 0 Å². The fraction of sp³-hybridized carbons (Fsp3) is 0.794. The van der Waals surface area contributed by atoms with Crippen LogP contribution in [0.4, 0.5) is 0 Å². The lowest BCUT2D eigenvalue weighted by molar-refractivity contribution is -0.870. The van der Waals surface area contributed by atoms with Crippen molar-refractivity contribution in [1.82, 2.24) is 5.32 Å². The van der Waals surface area contributed by atoms with Gasteiger partial charge in [-0.05, 0) is 96.0 Å². The molecule has 0 aromatic carbocycles. The summed E-state index contributed by atoms with van der Waals surface area (Å²) in [4.78, 5) is 37.7. The maximum atomic E-state index is 13.5.